The maximum absolute atomic E-state index is 12.9. The fourth-order valence-corrected chi connectivity index (χ4v) is 3.05. The van der Waals surface area contributed by atoms with Crippen molar-refractivity contribution in [3.05, 3.63) is 65.2 Å². The van der Waals surface area contributed by atoms with E-state index in [0.717, 1.165) is 23.3 Å². The highest BCUT2D eigenvalue weighted by Gasteiger charge is 2.36. The standard InChI is InChI=1S/C19H16F3NO4/c1-26-18(25)16-10-13-4-2-3-5-14(13)11-23(16)17(24)12-6-8-15(9-7-12)27-19(20,21)22/h2-9,16H,10-11H2,1H3. The molecule has 0 fully saturated rings. The Labute approximate surface area is 153 Å². The van der Waals surface area contributed by atoms with Crippen LogP contribution in [0.25, 0.3) is 0 Å². The number of amides is 1. The maximum atomic E-state index is 12.9. The molecule has 2 aromatic carbocycles. The summed E-state index contributed by atoms with van der Waals surface area (Å²) in [5, 5.41) is 0. The summed E-state index contributed by atoms with van der Waals surface area (Å²) in [6.07, 6.45) is -4.50. The third kappa shape index (κ3) is 4.21. The minimum Gasteiger partial charge on any atom is -0.467 e. The molecule has 0 radical (unpaired) electrons. The van der Waals surface area contributed by atoms with Gasteiger partial charge in [-0.15, -0.1) is 13.2 Å². The largest absolute Gasteiger partial charge is 0.573 e. The van der Waals surface area contributed by atoms with Gasteiger partial charge in [0.1, 0.15) is 11.8 Å². The number of ether oxygens (including phenoxy) is 2. The molecule has 0 saturated heterocycles. The number of rotatable bonds is 3. The van der Waals surface area contributed by atoms with Crippen LogP contribution < -0.4 is 4.74 Å². The van der Waals surface area contributed by atoms with Gasteiger partial charge in [0.25, 0.3) is 5.91 Å². The number of benzene rings is 2. The molecule has 0 N–H and O–H groups in total. The summed E-state index contributed by atoms with van der Waals surface area (Å²) in [5.74, 6) is -1.44. The van der Waals surface area contributed by atoms with Crippen molar-refractivity contribution < 1.29 is 32.2 Å². The van der Waals surface area contributed by atoms with Crippen molar-refractivity contribution >= 4 is 11.9 Å². The lowest BCUT2D eigenvalue weighted by Gasteiger charge is -2.35. The molecule has 1 atom stereocenters. The molecule has 5 nitrogen and oxygen atoms in total. The van der Waals surface area contributed by atoms with Gasteiger partial charge in [-0.1, -0.05) is 24.3 Å². The SMILES string of the molecule is COC(=O)C1Cc2ccccc2CN1C(=O)c1ccc(OC(F)(F)F)cc1. The number of carbonyl (C=O) groups is 2. The van der Waals surface area contributed by atoms with E-state index in [-0.39, 0.29) is 12.1 Å². The van der Waals surface area contributed by atoms with Crippen LogP contribution >= 0.6 is 0 Å². The Bertz CT molecular complexity index is 849. The number of esters is 1. The van der Waals surface area contributed by atoms with E-state index in [1.54, 1.807) is 0 Å². The van der Waals surface area contributed by atoms with Crippen molar-refractivity contribution in [1.29, 1.82) is 0 Å². The van der Waals surface area contributed by atoms with Crippen LogP contribution in [-0.2, 0) is 22.5 Å². The number of methoxy groups -OCH3 is 1. The second-order valence-electron chi connectivity index (χ2n) is 6.02. The van der Waals surface area contributed by atoms with Crippen molar-refractivity contribution in [2.45, 2.75) is 25.4 Å². The molecule has 0 saturated carbocycles. The number of halogens is 3. The molecule has 1 unspecified atom stereocenters. The Morgan fingerprint density at radius 3 is 2.26 bits per heavy atom. The normalized spacial score (nSPS) is 16.4. The molecular formula is C19H16F3NO4. The number of alkyl halides is 3. The lowest BCUT2D eigenvalue weighted by Crippen LogP contribution is -2.49. The van der Waals surface area contributed by atoms with Crippen LogP contribution in [0.15, 0.2) is 48.5 Å². The molecule has 27 heavy (non-hydrogen) atoms. The Morgan fingerprint density at radius 2 is 1.67 bits per heavy atom. The van der Waals surface area contributed by atoms with E-state index in [1.807, 2.05) is 24.3 Å². The van der Waals surface area contributed by atoms with Gasteiger partial charge in [0.05, 0.1) is 7.11 Å². The van der Waals surface area contributed by atoms with E-state index >= 15 is 0 Å². The van der Waals surface area contributed by atoms with Crippen molar-refractivity contribution in [3.8, 4) is 5.75 Å². The summed E-state index contributed by atoms with van der Waals surface area (Å²) in [5.41, 5.74) is 2.01. The Kier molecular flexibility index (Phi) is 5.07. The predicted octanol–water partition coefficient (Wildman–Crippen LogP) is 3.33. The fourth-order valence-electron chi connectivity index (χ4n) is 3.05. The van der Waals surface area contributed by atoms with Crippen molar-refractivity contribution in [2.75, 3.05) is 7.11 Å². The fraction of sp³-hybridized carbons (Fsp3) is 0.263. The molecule has 1 aliphatic rings. The Balaban J connectivity index is 1.86. The summed E-state index contributed by atoms with van der Waals surface area (Å²) < 4.78 is 45.4. The molecule has 8 heteroatoms. The molecule has 1 aliphatic heterocycles. The topological polar surface area (TPSA) is 55.8 Å². The van der Waals surface area contributed by atoms with E-state index in [4.69, 9.17) is 4.74 Å². The van der Waals surface area contributed by atoms with Crippen LogP contribution in [-0.4, -0.2) is 36.3 Å². The molecule has 0 aromatic heterocycles. The number of nitrogens with zero attached hydrogens (tertiary/aromatic N) is 1. The monoisotopic (exact) mass is 379 g/mol. The highest BCUT2D eigenvalue weighted by Crippen LogP contribution is 2.27. The zero-order valence-electron chi connectivity index (χ0n) is 14.3. The Morgan fingerprint density at radius 1 is 1.04 bits per heavy atom. The summed E-state index contributed by atoms with van der Waals surface area (Å²) in [6, 6.07) is 11.2. The van der Waals surface area contributed by atoms with Crippen molar-refractivity contribution in [3.63, 3.8) is 0 Å². The molecule has 0 aliphatic carbocycles. The quantitative estimate of drug-likeness (QED) is 0.768. The summed E-state index contributed by atoms with van der Waals surface area (Å²) >= 11 is 0. The molecule has 1 amide bonds. The van der Waals surface area contributed by atoms with Gasteiger partial charge >= 0.3 is 12.3 Å². The zero-order chi connectivity index (χ0) is 19.6. The van der Waals surface area contributed by atoms with E-state index < -0.39 is 30.0 Å². The lowest BCUT2D eigenvalue weighted by atomic mass is 9.93. The number of carbonyl (C=O) groups excluding carboxylic acids is 2. The second-order valence-corrected chi connectivity index (χ2v) is 6.02. The minimum absolute atomic E-state index is 0.151. The molecule has 2 aromatic rings. The van der Waals surface area contributed by atoms with Gasteiger partial charge in [0.2, 0.25) is 0 Å². The zero-order valence-corrected chi connectivity index (χ0v) is 14.3. The molecular weight excluding hydrogens is 363 g/mol. The third-order valence-corrected chi connectivity index (χ3v) is 4.32. The van der Waals surface area contributed by atoms with Gasteiger partial charge < -0.3 is 14.4 Å². The second kappa shape index (κ2) is 7.30. The smallest absolute Gasteiger partial charge is 0.467 e. The number of hydrogen-bond acceptors (Lipinski definition) is 4. The first-order valence-corrected chi connectivity index (χ1v) is 8.10. The molecule has 0 spiro atoms. The molecule has 0 bridgehead atoms. The minimum atomic E-state index is -4.81. The third-order valence-electron chi connectivity index (χ3n) is 4.32. The average molecular weight is 379 g/mol. The van der Waals surface area contributed by atoms with Gasteiger partial charge in [0, 0.05) is 18.5 Å². The first-order valence-electron chi connectivity index (χ1n) is 8.10. The first-order chi connectivity index (χ1) is 12.8. The van der Waals surface area contributed by atoms with Gasteiger partial charge in [-0.05, 0) is 35.4 Å². The summed E-state index contributed by atoms with van der Waals surface area (Å²) in [6.45, 7) is 0.204. The van der Waals surface area contributed by atoms with E-state index in [1.165, 1.54) is 24.1 Å². The van der Waals surface area contributed by atoms with Crippen LogP contribution in [0.3, 0.4) is 0 Å². The van der Waals surface area contributed by atoms with Crippen LogP contribution in [0.4, 0.5) is 13.2 Å². The van der Waals surface area contributed by atoms with Crippen LogP contribution in [0, 0.1) is 0 Å². The molecule has 142 valence electrons. The first kappa shape index (κ1) is 18.8. The summed E-state index contributed by atoms with van der Waals surface area (Å²) in [4.78, 5) is 26.4. The summed E-state index contributed by atoms with van der Waals surface area (Å²) in [7, 11) is 1.24. The van der Waals surface area contributed by atoms with Gasteiger partial charge in [-0.25, -0.2) is 4.79 Å². The van der Waals surface area contributed by atoms with E-state index in [9.17, 15) is 22.8 Å². The van der Waals surface area contributed by atoms with Crippen molar-refractivity contribution in [1.82, 2.24) is 4.90 Å². The van der Waals surface area contributed by atoms with Crippen LogP contribution in [0.5, 0.6) is 5.75 Å². The molecule has 1 heterocycles. The van der Waals surface area contributed by atoms with Gasteiger partial charge in [0.15, 0.2) is 0 Å². The van der Waals surface area contributed by atoms with Crippen LogP contribution in [0.1, 0.15) is 21.5 Å². The Hall–Kier alpha value is -3.03. The molecule has 3 rings (SSSR count). The van der Waals surface area contributed by atoms with Crippen LogP contribution in [0.2, 0.25) is 0 Å². The maximum Gasteiger partial charge on any atom is 0.573 e. The predicted molar refractivity (Wildman–Crippen MR) is 88.9 cm³/mol. The number of hydrogen-bond donors (Lipinski definition) is 0. The van der Waals surface area contributed by atoms with E-state index in [2.05, 4.69) is 4.74 Å². The van der Waals surface area contributed by atoms with E-state index in [0.29, 0.717) is 6.42 Å². The average Bonchev–Trinajstić information content (AvgIpc) is 2.65. The van der Waals surface area contributed by atoms with Crippen molar-refractivity contribution in [2.24, 2.45) is 0 Å². The van der Waals surface area contributed by atoms with Gasteiger partial charge in [-0.3, -0.25) is 4.79 Å². The lowest BCUT2D eigenvalue weighted by molar-refractivity contribution is -0.274. The highest BCUT2D eigenvalue weighted by atomic mass is 19.4. The van der Waals surface area contributed by atoms with Gasteiger partial charge in [-0.2, -0.15) is 0 Å². The highest BCUT2D eigenvalue weighted by molar-refractivity contribution is 5.97. The number of fused-ring (bicyclic) bond motifs is 1.